The highest BCUT2D eigenvalue weighted by atomic mass is 79.9. The smallest absolute Gasteiger partial charge is 0.338 e. The van der Waals surface area contributed by atoms with Crippen molar-refractivity contribution in [2.75, 3.05) is 49.2 Å². The van der Waals surface area contributed by atoms with Crippen LogP contribution in [0, 0.1) is 17.8 Å². The van der Waals surface area contributed by atoms with Crippen LogP contribution in [0.1, 0.15) is 40.5 Å². The molecule has 7 unspecified atom stereocenters. The first-order valence-corrected chi connectivity index (χ1v) is 16.7. The molecule has 11 nitrogen and oxygen atoms in total. The first kappa shape index (κ1) is 32.9. The van der Waals surface area contributed by atoms with Crippen LogP contribution in [0.3, 0.4) is 0 Å². The third-order valence-corrected chi connectivity index (χ3v) is 11.5. The number of halogens is 2. The van der Waals surface area contributed by atoms with Crippen LogP contribution in [0.5, 0.6) is 23.0 Å². The van der Waals surface area contributed by atoms with Gasteiger partial charge in [0.15, 0.2) is 11.5 Å². The van der Waals surface area contributed by atoms with Crippen LogP contribution in [-0.4, -0.2) is 86.8 Å². The molecule has 0 radical (unpaired) electrons. The predicted octanol–water partition coefficient (Wildman–Crippen LogP) is 5.52. The molecule has 0 spiro atoms. The predicted molar refractivity (Wildman–Crippen MR) is 176 cm³/mol. The summed E-state index contributed by atoms with van der Waals surface area (Å²) in [6, 6.07) is 9.26. The fraction of sp³-hybridized carbons (Fsp3) is 0.515. The molecule has 3 heterocycles. The van der Waals surface area contributed by atoms with Crippen molar-refractivity contribution >= 4 is 54.9 Å². The number of carbonyl (C=O) groups is 2. The number of benzene rings is 2. The molecule has 1 saturated carbocycles. The monoisotopic (exact) mass is 764 g/mol. The lowest BCUT2D eigenvalue weighted by Crippen LogP contribution is -2.59. The summed E-state index contributed by atoms with van der Waals surface area (Å²) < 4.78 is 41.4. The Balaban J connectivity index is 1.33. The molecule has 7 atom stereocenters. The minimum absolute atomic E-state index is 0.0233. The molecule has 6 rings (SSSR count). The largest absolute Gasteiger partial charge is 0.497 e. The van der Waals surface area contributed by atoms with E-state index in [1.807, 2.05) is 12.1 Å². The maximum Gasteiger partial charge on any atom is 0.338 e. The van der Waals surface area contributed by atoms with E-state index in [1.54, 1.807) is 26.4 Å². The molecule has 3 aliphatic rings. The zero-order valence-electron chi connectivity index (χ0n) is 26.6. The van der Waals surface area contributed by atoms with E-state index >= 15 is 0 Å². The summed E-state index contributed by atoms with van der Waals surface area (Å²) in [7, 11) is 9.07. The molecule has 46 heavy (non-hydrogen) atoms. The number of esters is 2. The third-order valence-electron chi connectivity index (χ3n) is 9.88. The SMILES string of the molecule is COC(=O)C1C2CC3c4c(c5ccc(OC)cc5n4Br)CC(Br)N3CC2CC(OC(=O)c2cc(OC)c(OC)c(OC)c2)C1OC. The Morgan fingerprint density at radius 1 is 0.913 bits per heavy atom. The lowest BCUT2D eigenvalue weighted by atomic mass is 9.63. The quantitative estimate of drug-likeness (QED) is 0.165. The van der Waals surface area contributed by atoms with Gasteiger partial charge in [-0.15, -0.1) is 0 Å². The van der Waals surface area contributed by atoms with Crippen molar-refractivity contribution in [3.8, 4) is 23.0 Å². The fourth-order valence-corrected chi connectivity index (χ4v) is 9.35. The lowest BCUT2D eigenvalue weighted by Gasteiger charge is -2.54. The Morgan fingerprint density at radius 2 is 1.63 bits per heavy atom. The number of rotatable bonds is 8. The van der Waals surface area contributed by atoms with Crippen molar-refractivity contribution in [2.45, 2.75) is 42.5 Å². The molecule has 1 aliphatic carbocycles. The van der Waals surface area contributed by atoms with E-state index in [2.05, 4.69) is 46.6 Å². The molecule has 0 N–H and O–H groups in total. The van der Waals surface area contributed by atoms with E-state index in [4.69, 9.17) is 33.2 Å². The summed E-state index contributed by atoms with van der Waals surface area (Å²) in [6.45, 7) is 0.699. The number of carbonyl (C=O) groups excluding carboxylic acids is 2. The Kier molecular flexibility index (Phi) is 9.48. The van der Waals surface area contributed by atoms with Crippen molar-refractivity contribution in [2.24, 2.45) is 17.8 Å². The number of alkyl halides is 1. The molecular weight excluding hydrogens is 728 g/mol. The third kappa shape index (κ3) is 5.42. The van der Waals surface area contributed by atoms with E-state index in [-0.39, 0.29) is 34.4 Å². The van der Waals surface area contributed by atoms with Crippen LogP contribution in [-0.2, 0) is 25.4 Å². The zero-order chi connectivity index (χ0) is 32.9. The van der Waals surface area contributed by atoms with Gasteiger partial charge in [0.2, 0.25) is 5.75 Å². The van der Waals surface area contributed by atoms with Gasteiger partial charge in [-0.3, -0.25) is 13.3 Å². The fourth-order valence-electron chi connectivity index (χ4n) is 7.83. The van der Waals surface area contributed by atoms with Crippen molar-refractivity contribution in [3.05, 3.63) is 47.2 Å². The minimum Gasteiger partial charge on any atom is -0.497 e. The van der Waals surface area contributed by atoms with Crippen molar-refractivity contribution in [3.63, 3.8) is 0 Å². The molecular formula is C33H38Br2N2O9. The molecule has 1 saturated heterocycles. The summed E-state index contributed by atoms with van der Waals surface area (Å²) in [5.74, 6) is 0.202. The van der Waals surface area contributed by atoms with Gasteiger partial charge in [-0.1, -0.05) is 15.9 Å². The Bertz CT molecular complexity index is 1620. The Hall–Kier alpha value is -3.00. The molecule has 2 aliphatic heterocycles. The highest BCUT2D eigenvalue weighted by molar-refractivity contribution is 9.09. The zero-order valence-corrected chi connectivity index (χ0v) is 29.8. The number of hydrogen-bond acceptors (Lipinski definition) is 10. The highest BCUT2D eigenvalue weighted by Gasteiger charge is 2.55. The number of piperidine rings is 1. The van der Waals surface area contributed by atoms with Crippen LogP contribution in [0.25, 0.3) is 10.9 Å². The Morgan fingerprint density at radius 3 is 2.24 bits per heavy atom. The van der Waals surface area contributed by atoms with Gasteiger partial charge in [-0.2, -0.15) is 0 Å². The minimum atomic E-state index is -0.701. The van der Waals surface area contributed by atoms with Crippen molar-refractivity contribution < 1.29 is 42.7 Å². The van der Waals surface area contributed by atoms with Crippen LogP contribution in [0.2, 0.25) is 0 Å². The molecule has 2 fully saturated rings. The first-order chi connectivity index (χ1) is 22.2. The van der Waals surface area contributed by atoms with E-state index in [0.717, 1.165) is 17.7 Å². The van der Waals surface area contributed by atoms with Gasteiger partial charge in [-0.25, -0.2) is 4.79 Å². The second kappa shape index (κ2) is 13.2. The summed E-state index contributed by atoms with van der Waals surface area (Å²) >= 11 is 7.85. The normalized spacial score (nSPS) is 27.2. The van der Waals surface area contributed by atoms with Crippen molar-refractivity contribution in [1.29, 1.82) is 0 Å². The molecule has 3 aromatic rings. The standard InChI is InChI=1S/C33H38Br2N2O9/c1-40-18-7-8-19-21-14-27(34)36-15-17-11-26(46-32(38)16-9-24(41-2)30(43-4)25(10-16)42-3)31(44-5)28(33(39)45-6)20(17)13-23(36)29(21)37(35)22(19)12-18/h7-10,12,17,20,23,26-28,31H,11,13-15H2,1-6H3. The van der Waals surface area contributed by atoms with Crippen molar-refractivity contribution in [1.82, 2.24) is 8.49 Å². The van der Waals surface area contributed by atoms with Gasteiger partial charge in [0.1, 0.15) is 18.0 Å². The van der Waals surface area contributed by atoms with Crippen LogP contribution >= 0.6 is 32.1 Å². The number of fused-ring (bicyclic) bond motifs is 6. The number of nitrogens with zero attached hydrogens (tertiary/aromatic N) is 2. The average molecular weight is 766 g/mol. The van der Waals surface area contributed by atoms with E-state index in [1.165, 1.54) is 45.1 Å². The number of ether oxygens (including phenoxy) is 7. The van der Waals surface area contributed by atoms with Gasteiger partial charge in [0, 0.05) is 31.5 Å². The summed E-state index contributed by atoms with van der Waals surface area (Å²) in [5, 5.41) is 1.17. The van der Waals surface area contributed by atoms with E-state index in [9.17, 15) is 9.59 Å². The number of aromatic nitrogens is 1. The molecule has 248 valence electrons. The highest BCUT2D eigenvalue weighted by Crippen LogP contribution is 2.53. The molecule has 2 aromatic carbocycles. The summed E-state index contributed by atoms with van der Waals surface area (Å²) in [5.41, 5.74) is 3.71. The maximum absolute atomic E-state index is 13.6. The average Bonchev–Trinajstić information content (AvgIpc) is 3.35. The van der Waals surface area contributed by atoms with Gasteiger partial charge in [-0.05, 0) is 54.5 Å². The summed E-state index contributed by atoms with van der Waals surface area (Å²) in [4.78, 5) is 29.7. The van der Waals surface area contributed by atoms with Gasteiger partial charge in [0.25, 0.3) is 0 Å². The topological polar surface area (TPSA) is 107 Å². The number of hydrogen-bond donors (Lipinski definition) is 0. The second-order valence-electron chi connectivity index (χ2n) is 11.9. The molecule has 13 heteroatoms. The lowest BCUT2D eigenvalue weighted by molar-refractivity contribution is -0.176. The molecule has 1 aromatic heterocycles. The van der Waals surface area contributed by atoms with Gasteiger partial charge in [0.05, 0.1) is 85.4 Å². The number of methoxy groups -OCH3 is 6. The van der Waals surface area contributed by atoms with E-state index in [0.29, 0.717) is 36.6 Å². The first-order valence-electron chi connectivity index (χ1n) is 15.1. The second-order valence-corrected chi connectivity index (χ2v) is 13.6. The van der Waals surface area contributed by atoms with E-state index < -0.39 is 24.1 Å². The molecule has 0 amide bonds. The Labute approximate surface area is 284 Å². The summed E-state index contributed by atoms with van der Waals surface area (Å²) in [6.07, 6.45) is 0.643. The van der Waals surface area contributed by atoms with Crippen LogP contribution in [0.4, 0.5) is 0 Å². The van der Waals surface area contributed by atoms with Crippen LogP contribution < -0.4 is 18.9 Å². The molecule has 0 bridgehead atoms. The maximum atomic E-state index is 13.6. The van der Waals surface area contributed by atoms with Crippen LogP contribution in [0.15, 0.2) is 30.3 Å². The van der Waals surface area contributed by atoms with Gasteiger partial charge < -0.3 is 33.2 Å². The van der Waals surface area contributed by atoms with Gasteiger partial charge >= 0.3 is 11.9 Å².